The number of esters is 1. The lowest BCUT2D eigenvalue weighted by atomic mass is 9.93. The number of benzene rings is 1. The second kappa shape index (κ2) is 9.08. The van der Waals surface area contributed by atoms with Gasteiger partial charge in [0.2, 0.25) is 0 Å². The van der Waals surface area contributed by atoms with Crippen LogP contribution in [-0.2, 0) is 9.53 Å². The Balaban J connectivity index is 2.85. The van der Waals surface area contributed by atoms with Gasteiger partial charge in [0.15, 0.2) is 17.2 Å². The quantitative estimate of drug-likeness (QED) is 0.277. The van der Waals surface area contributed by atoms with E-state index in [2.05, 4.69) is 13.5 Å². The number of ether oxygens (including phenoxy) is 1. The predicted octanol–water partition coefficient (Wildman–Crippen LogP) is 3.98. The topological polar surface area (TPSA) is 87.0 Å². The van der Waals surface area contributed by atoms with Crippen LogP contribution >= 0.6 is 0 Å². The first-order valence-corrected chi connectivity index (χ1v) is 7.94. The van der Waals surface area contributed by atoms with E-state index in [-0.39, 0.29) is 24.0 Å². The van der Waals surface area contributed by atoms with Crippen molar-refractivity contribution in [1.29, 1.82) is 0 Å². The average Bonchev–Trinajstić information content (AvgIpc) is 2.51. The number of carbonyl (C=O) groups is 1. The maximum absolute atomic E-state index is 11.6. The molecule has 1 aromatic carbocycles. The van der Waals surface area contributed by atoms with E-state index in [0.29, 0.717) is 11.1 Å². The molecule has 0 aromatic heterocycles. The monoisotopic (exact) mass is 322 g/mol. The van der Waals surface area contributed by atoms with Crippen molar-refractivity contribution < 1.29 is 24.9 Å². The van der Waals surface area contributed by atoms with Gasteiger partial charge in [-0.25, -0.2) is 4.79 Å². The fourth-order valence-corrected chi connectivity index (χ4v) is 2.32. The molecular weight excluding hydrogens is 296 g/mol. The second-order valence-corrected chi connectivity index (χ2v) is 5.83. The lowest BCUT2D eigenvalue weighted by Gasteiger charge is -2.18. The fourth-order valence-electron chi connectivity index (χ4n) is 2.32. The molecule has 0 aliphatic carbocycles. The molecule has 5 heteroatoms. The second-order valence-electron chi connectivity index (χ2n) is 5.83. The Labute approximate surface area is 137 Å². The third-order valence-corrected chi connectivity index (χ3v) is 3.73. The average molecular weight is 322 g/mol. The van der Waals surface area contributed by atoms with E-state index in [1.54, 1.807) is 6.92 Å². The molecule has 0 bridgehead atoms. The minimum Gasteiger partial charge on any atom is -0.504 e. The van der Waals surface area contributed by atoms with Gasteiger partial charge in [-0.15, -0.1) is 0 Å². The zero-order valence-corrected chi connectivity index (χ0v) is 13.8. The van der Waals surface area contributed by atoms with Gasteiger partial charge in [-0.2, -0.15) is 0 Å². The Kier molecular flexibility index (Phi) is 7.45. The summed E-state index contributed by atoms with van der Waals surface area (Å²) in [4.78, 5) is 11.6. The molecule has 0 aliphatic rings. The van der Waals surface area contributed by atoms with Gasteiger partial charge in [0.05, 0.1) is 6.61 Å². The standard InChI is InChI=1S/C18H26O5/c1-4-5-6-7-8-13(11-23-18(22)12(2)3)14-9-15(19)17(21)16(20)10-14/h9-10,13,19-21H,2,4-8,11H2,1,3H3. The van der Waals surface area contributed by atoms with Crippen molar-refractivity contribution in [2.24, 2.45) is 0 Å². The van der Waals surface area contributed by atoms with Gasteiger partial charge >= 0.3 is 5.97 Å². The van der Waals surface area contributed by atoms with E-state index in [1.807, 2.05) is 0 Å². The van der Waals surface area contributed by atoms with Crippen LogP contribution in [-0.4, -0.2) is 27.9 Å². The summed E-state index contributed by atoms with van der Waals surface area (Å²) in [5.41, 5.74) is 0.954. The Morgan fingerprint density at radius 3 is 2.30 bits per heavy atom. The molecule has 1 atom stereocenters. The normalized spacial score (nSPS) is 11.9. The highest BCUT2D eigenvalue weighted by atomic mass is 16.5. The van der Waals surface area contributed by atoms with E-state index in [4.69, 9.17) is 4.74 Å². The minimum absolute atomic E-state index is 0.140. The fraction of sp³-hybridized carbons (Fsp3) is 0.500. The highest BCUT2D eigenvalue weighted by molar-refractivity contribution is 5.86. The Morgan fingerprint density at radius 1 is 1.17 bits per heavy atom. The number of aromatic hydroxyl groups is 3. The first-order chi connectivity index (χ1) is 10.9. The van der Waals surface area contributed by atoms with Gasteiger partial charge in [-0.05, 0) is 31.0 Å². The van der Waals surface area contributed by atoms with Crippen LogP contribution in [0.5, 0.6) is 17.2 Å². The smallest absolute Gasteiger partial charge is 0.333 e. The summed E-state index contributed by atoms with van der Waals surface area (Å²) < 4.78 is 5.22. The molecule has 1 unspecified atom stereocenters. The van der Waals surface area contributed by atoms with E-state index in [1.165, 1.54) is 12.1 Å². The van der Waals surface area contributed by atoms with Gasteiger partial charge in [0.1, 0.15) is 0 Å². The number of unbranched alkanes of at least 4 members (excludes halogenated alkanes) is 3. The summed E-state index contributed by atoms with van der Waals surface area (Å²) in [6.45, 7) is 7.39. The summed E-state index contributed by atoms with van der Waals surface area (Å²) in [5.74, 6) is -1.93. The van der Waals surface area contributed by atoms with Crippen LogP contribution in [0.2, 0.25) is 0 Å². The third-order valence-electron chi connectivity index (χ3n) is 3.73. The Bertz CT molecular complexity index is 527. The van der Waals surface area contributed by atoms with E-state index >= 15 is 0 Å². The van der Waals surface area contributed by atoms with Crippen molar-refractivity contribution in [1.82, 2.24) is 0 Å². The third kappa shape index (κ3) is 5.85. The molecule has 1 aromatic rings. The van der Waals surface area contributed by atoms with Gasteiger partial charge in [0, 0.05) is 11.5 Å². The molecule has 0 amide bonds. The number of rotatable bonds is 9. The molecule has 0 radical (unpaired) electrons. The van der Waals surface area contributed by atoms with Crippen molar-refractivity contribution in [3.05, 3.63) is 29.8 Å². The molecule has 0 spiro atoms. The van der Waals surface area contributed by atoms with Crippen molar-refractivity contribution in [2.45, 2.75) is 51.9 Å². The number of phenols is 3. The number of carbonyl (C=O) groups excluding carboxylic acids is 1. The molecular formula is C18H26O5. The van der Waals surface area contributed by atoms with Gasteiger partial charge in [-0.1, -0.05) is 39.2 Å². The maximum Gasteiger partial charge on any atom is 0.333 e. The summed E-state index contributed by atoms with van der Waals surface area (Å²) in [7, 11) is 0. The Hall–Kier alpha value is -2.17. The van der Waals surface area contributed by atoms with Gasteiger partial charge < -0.3 is 20.1 Å². The summed E-state index contributed by atoms with van der Waals surface area (Å²) >= 11 is 0. The lowest BCUT2D eigenvalue weighted by molar-refractivity contribution is -0.139. The van der Waals surface area contributed by atoms with Crippen LogP contribution in [0.15, 0.2) is 24.3 Å². The molecule has 0 aliphatic heterocycles. The van der Waals surface area contributed by atoms with Crippen LogP contribution in [0.4, 0.5) is 0 Å². The van der Waals surface area contributed by atoms with Crippen molar-refractivity contribution >= 4 is 5.97 Å². The van der Waals surface area contributed by atoms with E-state index < -0.39 is 11.7 Å². The molecule has 1 rings (SSSR count). The maximum atomic E-state index is 11.6. The molecule has 3 N–H and O–H groups in total. The first kappa shape index (κ1) is 18.9. The van der Waals surface area contributed by atoms with E-state index in [9.17, 15) is 20.1 Å². The summed E-state index contributed by atoms with van der Waals surface area (Å²) in [5, 5.41) is 28.8. The highest BCUT2D eigenvalue weighted by Crippen LogP contribution is 2.38. The van der Waals surface area contributed by atoms with E-state index in [0.717, 1.165) is 32.1 Å². The highest BCUT2D eigenvalue weighted by Gasteiger charge is 2.18. The van der Waals surface area contributed by atoms with Gasteiger partial charge in [-0.3, -0.25) is 0 Å². The largest absolute Gasteiger partial charge is 0.504 e. The molecule has 128 valence electrons. The molecule has 23 heavy (non-hydrogen) atoms. The van der Waals surface area contributed by atoms with Crippen molar-refractivity contribution in [3.8, 4) is 17.2 Å². The van der Waals surface area contributed by atoms with Gasteiger partial charge in [0.25, 0.3) is 0 Å². The zero-order valence-electron chi connectivity index (χ0n) is 13.8. The molecule has 0 fully saturated rings. The van der Waals surface area contributed by atoms with Crippen LogP contribution in [0, 0.1) is 0 Å². The molecule has 0 heterocycles. The molecule has 5 nitrogen and oxygen atoms in total. The number of phenolic OH excluding ortho intramolecular Hbond substituents is 3. The lowest BCUT2D eigenvalue weighted by Crippen LogP contribution is -2.13. The van der Waals surface area contributed by atoms with Crippen LogP contribution in [0.1, 0.15) is 57.4 Å². The molecule has 0 saturated heterocycles. The van der Waals surface area contributed by atoms with Crippen LogP contribution < -0.4 is 0 Å². The summed E-state index contributed by atoms with van der Waals surface area (Å²) in [6.07, 6.45) is 5.02. The zero-order chi connectivity index (χ0) is 17.4. The van der Waals surface area contributed by atoms with Crippen LogP contribution in [0.25, 0.3) is 0 Å². The molecule has 0 saturated carbocycles. The minimum atomic E-state index is -0.544. The SMILES string of the molecule is C=C(C)C(=O)OCC(CCCCCC)c1cc(O)c(O)c(O)c1. The first-order valence-electron chi connectivity index (χ1n) is 7.94. The van der Waals surface area contributed by atoms with Crippen molar-refractivity contribution in [3.63, 3.8) is 0 Å². The van der Waals surface area contributed by atoms with Crippen LogP contribution in [0.3, 0.4) is 0 Å². The number of hydrogen-bond acceptors (Lipinski definition) is 5. The van der Waals surface area contributed by atoms with Crippen molar-refractivity contribution in [2.75, 3.05) is 6.61 Å². The summed E-state index contributed by atoms with van der Waals surface area (Å²) in [6, 6.07) is 2.79. The Morgan fingerprint density at radius 2 is 1.78 bits per heavy atom. The number of hydrogen-bond donors (Lipinski definition) is 3. The predicted molar refractivity (Wildman–Crippen MR) is 88.7 cm³/mol.